The number of nitro groups is 1. The van der Waals surface area contributed by atoms with Crippen molar-refractivity contribution in [1.29, 1.82) is 0 Å². The Labute approximate surface area is 122 Å². The minimum absolute atomic E-state index is 0.0507. The van der Waals surface area contributed by atoms with E-state index < -0.39 is 4.92 Å². The van der Waals surface area contributed by atoms with Gasteiger partial charge in [0.25, 0.3) is 11.6 Å². The number of hydrazone groups is 1. The molecule has 0 bridgehead atoms. The second kappa shape index (κ2) is 6.27. The van der Waals surface area contributed by atoms with Gasteiger partial charge in [0.2, 0.25) is 0 Å². The molecule has 2 rings (SSSR count). The fourth-order valence-corrected chi connectivity index (χ4v) is 2.18. The summed E-state index contributed by atoms with van der Waals surface area (Å²) in [6.07, 6.45) is 1.31. The molecule has 0 unspecified atom stereocenters. The Bertz CT molecular complexity index is 671. The fraction of sp³-hybridized carbons (Fsp3) is 0. The normalized spacial score (nSPS) is 10.7. The number of benzene rings is 1. The van der Waals surface area contributed by atoms with E-state index in [9.17, 15) is 14.9 Å². The van der Waals surface area contributed by atoms with E-state index >= 15 is 0 Å². The van der Waals surface area contributed by atoms with Crippen molar-refractivity contribution in [1.82, 2.24) is 5.43 Å². The van der Waals surface area contributed by atoms with E-state index in [1.807, 2.05) is 0 Å². The van der Waals surface area contributed by atoms with Crippen LogP contribution in [-0.2, 0) is 0 Å². The molecule has 6 nitrogen and oxygen atoms in total. The van der Waals surface area contributed by atoms with Gasteiger partial charge in [0, 0.05) is 11.6 Å². The SMILES string of the molecule is O=C(N/N=C/c1ccc(Cl)c([N+](=O)[O-])c1)c1cccs1. The first kappa shape index (κ1) is 14.2. The van der Waals surface area contributed by atoms with Crippen LogP contribution in [0.2, 0.25) is 5.02 Å². The topological polar surface area (TPSA) is 84.6 Å². The van der Waals surface area contributed by atoms with Crippen LogP contribution in [-0.4, -0.2) is 17.0 Å². The van der Waals surface area contributed by atoms with Gasteiger partial charge >= 0.3 is 0 Å². The molecule has 2 aromatic rings. The number of hydrogen-bond donors (Lipinski definition) is 1. The maximum absolute atomic E-state index is 11.6. The highest BCUT2D eigenvalue weighted by Crippen LogP contribution is 2.24. The second-order valence-corrected chi connectivity index (χ2v) is 5.00. The average Bonchev–Trinajstić information content (AvgIpc) is 2.94. The van der Waals surface area contributed by atoms with Crippen molar-refractivity contribution < 1.29 is 9.72 Å². The first-order valence-electron chi connectivity index (χ1n) is 5.39. The summed E-state index contributed by atoms with van der Waals surface area (Å²) in [5, 5.41) is 16.3. The maximum Gasteiger partial charge on any atom is 0.288 e. The Morgan fingerprint density at radius 1 is 1.45 bits per heavy atom. The van der Waals surface area contributed by atoms with Crippen molar-refractivity contribution >= 4 is 40.7 Å². The van der Waals surface area contributed by atoms with E-state index in [0.29, 0.717) is 10.4 Å². The summed E-state index contributed by atoms with van der Waals surface area (Å²) < 4.78 is 0. The zero-order chi connectivity index (χ0) is 14.5. The maximum atomic E-state index is 11.6. The van der Waals surface area contributed by atoms with Crippen molar-refractivity contribution in [3.63, 3.8) is 0 Å². The molecule has 0 aliphatic carbocycles. The van der Waals surface area contributed by atoms with E-state index in [1.54, 1.807) is 23.6 Å². The quantitative estimate of drug-likeness (QED) is 0.535. The van der Waals surface area contributed by atoms with Crippen LogP contribution in [0.25, 0.3) is 0 Å². The highest BCUT2D eigenvalue weighted by Gasteiger charge is 2.11. The Morgan fingerprint density at radius 3 is 2.90 bits per heavy atom. The average molecular weight is 310 g/mol. The van der Waals surface area contributed by atoms with E-state index in [1.165, 1.54) is 29.7 Å². The number of carbonyl (C=O) groups excluding carboxylic acids is 1. The molecule has 0 saturated carbocycles. The molecule has 0 fully saturated rings. The van der Waals surface area contributed by atoms with Gasteiger partial charge in [-0.15, -0.1) is 11.3 Å². The monoisotopic (exact) mass is 309 g/mol. The lowest BCUT2D eigenvalue weighted by molar-refractivity contribution is -0.384. The van der Waals surface area contributed by atoms with E-state index in [0.717, 1.165) is 0 Å². The molecule has 102 valence electrons. The minimum Gasteiger partial charge on any atom is -0.266 e. The van der Waals surface area contributed by atoms with Gasteiger partial charge in [0.1, 0.15) is 5.02 Å². The van der Waals surface area contributed by atoms with E-state index in [4.69, 9.17) is 11.6 Å². The summed E-state index contributed by atoms with van der Waals surface area (Å²) in [5.41, 5.74) is 2.59. The van der Waals surface area contributed by atoms with Gasteiger partial charge < -0.3 is 0 Å². The van der Waals surface area contributed by atoms with E-state index in [-0.39, 0.29) is 16.6 Å². The predicted molar refractivity (Wildman–Crippen MR) is 77.5 cm³/mol. The molecule has 0 atom stereocenters. The molecular formula is C12H8ClN3O3S. The fourth-order valence-electron chi connectivity index (χ4n) is 1.38. The number of nitrogens with one attached hydrogen (secondary N) is 1. The largest absolute Gasteiger partial charge is 0.288 e. The Morgan fingerprint density at radius 2 is 2.25 bits per heavy atom. The molecule has 0 saturated heterocycles. The standard InChI is InChI=1S/C12H8ClN3O3S/c13-9-4-3-8(6-10(9)16(18)19)7-14-15-12(17)11-2-1-5-20-11/h1-7H,(H,15,17)/b14-7+. The Balaban J connectivity index is 2.07. The van der Waals surface area contributed by atoms with Crippen molar-refractivity contribution in [3.05, 3.63) is 61.3 Å². The van der Waals surface area contributed by atoms with Crippen LogP contribution in [0.1, 0.15) is 15.2 Å². The summed E-state index contributed by atoms with van der Waals surface area (Å²) in [4.78, 5) is 22.3. The lowest BCUT2D eigenvalue weighted by Gasteiger charge is -1.98. The highest BCUT2D eigenvalue weighted by molar-refractivity contribution is 7.12. The van der Waals surface area contributed by atoms with Crippen LogP contribution in [0.15, 0.2) is 40.8 Å². The van der Waals surface area contributed by atoms with Gasteiger partial charge in [-0.05, 0) is 17.5 Å². The molecule has 1 heterocycles. The molecular weight excluding hydrogens is 302 g/mol. The van der Waals surface area contributed by atoms with Crippen molar-refractivity contribution in [2.24, 2.45) is 5.10 Å². The third kappa shape index (κ3) is 3.40. The van der Waals surface area contributed by atoms with Crippen molar-refractivity contribution in [2.45, 2.75) is 0 Å². The van der Waals surface area contributed by atoms with Crippen LogP contribution in [0.4, 0.5) is 5.69 Å². The second-order valence-electron chi connectivity index (χ2n) is 3.64. The summed E-state index contributed by atoms with van der Waals surface area (Å²) in [6.45, 7) is 0. The smallest absolute Gasteiger partial charge is 0.266 e. The van der Waals surface area contributed by atoms with Gasteiger partial charge in [-0.1, -0.05) is 23.7 Å². The number of thiophene rings is 1. The molecule has 0 aliphatic rings. The third-order valence-electron chi connectivity index (χ3n) is 2.29. The number of nitro benzene ring substituents is 1. The molecule has 1 N–H and O–H groups in total. The minimum atomic E-state index is -0.579. The molecule has 0 spiro atoms. The van der Waals surface area contributed by atoms with Crippen LogP contribution in [0, 0.1) is 10.1 Å². The molecule has 1 aromatic carbocycles. The Hall–Kier alpha value is -2.25. The van der Waals surface area contributed by atoms with Gasteiger partial charge in [0.15, 0.2) is 0 Å². The van der Waals surface area contributed by atoms with Gasteiger partial charge in [-0.3, -0.25) is 14.9 Å². The summed E-state index contributed by atoms with van der Waals surface area (Å²) in [7, 11) is 0. The van der Waals surface area contributed by atoms with Crippen molar-refractivity contribution in [3.8, 4) is 0 Å². The summed E-state index contributed by atoms with van der Waals surface area (Å²) >= 11 is 6.98. The molecule has 0 aliphatic heterocycles. The first-order valence-corrected chi connectivity index (χ1v) is 6.64. The lowest BCUT2D eigenvalue weighted by Crippen LogP contribution is -2.16. The summed E-state index contributed by atoms with van der Waals surface area (Å²) in [5.74, 6) is -0.334. The van der Waals surface area contributed by atoms with E-state index in [2.05, 4.69) is 10.5 Å². The van der Waals surface area contributed by atoms with Crippen molar-refractivity contribution in [2.75, 3.05) is 0 Å². The van der Waals surface area contributed by atoms with Gasteiger partial charge in [-0.2, -0.15) is 5.10 Å². The zero-order valence-electron chi connectivity index (χ0n) is 9.95. The summed E-state index contributed by atoms with van der Waals surface area (Å²) in [6, 6.07) is 7.68. The number of carbonyl (C=O) groups is 1. The first-order chi connectivity index (χ1) is 9.58. The predicted octanol–water partition coefficient (Wildman–Crippen LogP) is 3.07. The van der Waals surface area contributed by atoms with Crippen LogP contribution >= 0.6 is 22.9 Å². The van der Waals surface area contributed by atoms with Crippen LogP contribution in [0.3, 0.4) is 0 Å². The molecule has 0 radical (unpaired) electrons. The zero-order valence-corrected chi connectivity index (χ0v) is 11.5. The molecule has 1 amide bonds. The highest BCUT2D eigenvalue weighted by atomic mass is 35.5. The number of hydrogen-bond acceptors (Lipinski definition) is 5. The Kier molecular flexibility index (Phi) is 4.44. The number of nitrogens with zero attached hydrogens (tertiary/aromatic N) is 2. The molecule has 20 heavy (non-hydrogen) atoms. The molecule has 1 aromatic heterocycles. The number of halogens is 1. The van der Waals surface area contributed by atoms with Crippen LogP contribution < -0.4 is 5.43 Å². The van der Waals surface area contributed by atoms with Gasteiger partial charge in [-0.25, -0.2) is 5.43 Å². The molecule has 8 heteroatoms. The third-order valence-corrected chi connectivity index (χ3v) is 3.48. The van der Waals surface area contributed by atoms with Crippen LogP contribution in [0.5, 0.6) is 0 Å². The van der Waals surface area contributed by atoms with Gasteiger partial charge in [0.05, 0.1) is 16.0 Å². The number of rotatable bonds is 4. The number of amides is 1. The lowest BCUT2D eigenvalue weighted by atomic mass is 10.2.